The second kappa shape index (κ2) is 6.24. The molecular formula is C11H20N4O2. The molecule has 6 nitrogen and oxygen atoms in total. The van der Waals surface area contributed by atoms with Gasteiger partial charge in [-0.05, 0) is 12.8 Å². The van der Waals surface area contributed by atoms with Crippen LogP contribution in [0.1, 0.15) is 19.4 Å². The van der Waals surface area contributed by atoms with Crippen LogP contribution >= 0.6 is 0 Å². The predicted molar refractivity (Wildman–Crippen MR) is 64.3 cm³/mol. The van der Waals surface area contributed by atoms with Gasteiger partial charge in [-0.25, -0.2) is 4.79 Å². The van der Waals surface area contributed by atoms with Crippen molar-refractivity contribution in [3.8, 4) is 0 Å². The highest BCUT2D eigenvalue weighted by atomic mass is 16.3. The minimum absolute atomic E-state index is 0.0409. The van der Waals surface area contributed by atoms with E-state index in [2.05, 4.69) is 15.7 Å². The first-order chi connectivity index (χ1) is 8.02. The quantitative estimate of drug-likeness (QED) is 0.689. The Morgan fingerprint density at radius 1 is 1.59 bits per heavy atom. The highest BCUT2D eigenvalue weighted by Gasteiger charge is 2.13. The van der Waals surface area contributed by atoms with Crippen LogP contribution in [0, 0.1) is 5.92 Å². The molecule has 1 aromatic rings. The summed E-state index contributed by atoms with van der Waals surface area (Å²) in [6.07, 6.45) is 3.56. The molecule has 1 heterocycles. The van der Waals surface area contributed by atoms with Crippen LogP contribution < -0.4 is 10.6 Å². The largest absolute Gasteiger partial charge is 0.396 e. The van der Waals surface area contributed by atoms with E-state index in [1.165, 1.54) is 0 Å². The summed E-state index contributed by atoms with van der Waals surface area (Å²) in [6, 6.07) is -0.296. The Hall–Kier alpha value is -1.56. The lowest BCUT2D eigenvalue weighted by Gasteiger charge is -2.19. The number of amides is 2. The van der Waals surface area contributed by atoms with Gasteiger partial charge in [0.2, 0.25) is 0 Å². The molecule has 96 valence electrons. The van der Waals surface area contributed by atoms with Crippen LogP contribution in [-0.4, -0.2) is 33.6 Å². The van der Waals surface area contributed by atoms with Gasteiger partial charge in [0.05, 0.1) is 6.20 Å². The number of carbonyl (C=O) groups excluding carboxylic acids is 1. The summed E-state index contributed by atoms with van der Waals surface area (Å²) in [7, 11) is 1.83. The van der Waals surface area contributed by atoms with E-state index < -0.39 is 0 Å². The Balaban J connectivity index is 2.30. The Labute approximate surface area is 101 Å². The van der Waals surface area contributed by atoms with Gasteiger partial charge in [-0.2, -0.15) is 5.10 Å². The minimum atomic E-state index is -0.235. The van der Waals surface area contributed by atoms with Crippen LogP contribution in [0.25, 0.3) is 0 Å². The van der Waals surface area contributed by atoms with E-state index in [1.807, 2.05) is 27.1 Å². The van der Waals surface area contributed by atoms with Crippen molar-refractivity contribution >= 4 is 6.03 Å². The van der Waals surface area contributed by atoms with E-state index in [4.69, 9.17) is 5.11 Å². The number of aliphatic hydroxyl groups is 1. The topological polar surface area (TPSA) is 79.2 Å². The molecule has 0 bridgehead atoms. The molecule has 0 saturated carbocycles. The molecule has 2 atom stereocenters. The second-order valence-electron chi connectivity index (χ2n) is 4.30. The highest BCUT2D eigenvalue weighted by molar-refractivity contribution is 5.74. The first-order valence-corrected chi connectivity index (χ1v) is 5.65. The molecule has 2 unspecified atom stereocenters. The third-order valence-corrected chi connectivity index (χ3v) is 2.71. The summed E-state index contributed by atoms with van der Waals surface area (Å²) in [5.41, 5.74) is 0.950. The van der Waals surface area contributed by atoms with Crippen molar-refractivity contribution in [3.05, 3.63) is 18.0 Å². The van der Waals surface area contributed by atoms with E-state index in [0.29, 0.717) is 6.54 Å². The average molecular weight is 240 g/mol. The van der Waals surface area contributed by atoms with Crippen molar-refractivity contribution in [1.29, 1.82) is 0 Å². The molecule has 0 aliphatic carbocycles. The number of urea groups is 1. The van der Waals surface area contributed by atoms with Crippen LogP contribution in [0.15, 0.2) is 12.4 Å². The van der Waals surface area contributed by atoms with Crippen LogP contribution in [0.2, 0.25) is 0 Å². The number of hydrogen-bond donors (Lipinski definition) is 3. The van der Waals surface area contributed by atoms with Crippen molar-refractivity contribution in [3.63, 3.8) is 0 Å². The lowest BCUT2D eigenvalue weighted by Crippen LogP contribution is -2.43. The van der Waals surface area contributed by atoms with Gasteiger partial charge in [-0.15, -0.1) is 0 Å². The van der Waals surface area contributed by atoms with E-state index in [0.717, 1.165) is 5.56 Å². The van der Waals surface area contributed by atoms with E-state index in [9.17, 15) is 4.79 Å². The maximum atomic E-state index is 11.5. The molecule has 6 heteroatoms. The Kier molecular flexibility index (Phi) is 4.96. The molecule has 0 aromatic carbocycles. The average Bonchev–Trinajstić information content (AvgIpc) is 2.71. The zero-order valence-corrected chi connectivity index (χ0v) is 10.5. The fourth-order valence-electron chi connectivity index (χ4n) is 1.30. The van der Waals surface area contributed by atoms with Crippen LogP contribution in [-0.2, 0) is 13.6 Å². The highest BCUT2D eigenvalue weighted by Crippen LogP contribution is 2.00. The van der Waals surface area contributed by atoms with Crippen molar-refractivity contribution in [2.45, 2.75) is 26.4 Å². The van der Waals surface area contributed by atoms with Gasteiger partial charge >= 0.3 is 6.03 Å². The minimum Gasteiger partial charge on any atom is -0.396 e. The van der Waals surface area contributed by atoms with Crippen molar-refractivity contribution in [2.75, 3.05) is 6.61 Å². The molecular weight excluding hydrogens is 220 g/mol. The van der Waals surface area contributed by atoms with Gasteiger partial charge in [0.1, 0.15) is 0 Å². The molecule has 0 fully saturated rings. The number of hydrogen-bond acceptors (Lipinski definition) is 3. The molecule has 0 aliphatic heterocycles. The molecule has 3 N–H and O–H groups in total. The summed E-state index contributed by atoms with van der Waals surface area (Å²) in [6.45, 7) is 4.25. The number of aromatic nitrogens is 2. The molecule has 0 spiro atoms. The fourth-order valence-corrected chi connectivity index (χ4v) is 1.30. The van der Waals surface area contributed by atoms with E-state index in [1.54, 1.807) is 10.9 Å². The number of nitrogens with one attached hydrogen (secondary N) is 2. The van der Waals surface area contributed by atoms with E-state index in [-0.39, 0.29) is 24.6 Å². The number of nitrogens with zero attached hydrogens (tertiary/aromatic N) is 2. The van der Waals surface area contributed by atoms with Crippen molar-refractivity contribution in [2.24, 2.45) is 13.0 Å². The first kappa shape index (κ1) is 13.5. The van der Waals surface area contributed by atoms with Gasteiger partial charge in [-0.1, -0.05) is 6.92 Å². The summed E-state index contributed by atoms with van der Waals surface area (Å²) in [5.74, 6) is 0.0409. The van der Waals surface area contributed by atoms with Crippen LogP contribution in [0.4, 0.5) is 4.79 Å². The summed E-state index contributed by atoms with van der Waals surface area (Å²) < 4.78 is 1.69. The third-order valence-electron chi connectivity index (χ3n) is 2.71. The van der Waals surface area contributed by atoms with Gasteiger partial charge in [0, 0.05) is 38.0 Å². The van der Waals surface area contributed by atoms with Gasteiger partial charge < -0.3 is 15.7 Å². The predicted octanol–water partition coefficient (Wildman–Crippen LogP) is 0.236. The summed E-state index contributed by atoms with van der Waals surface area (Å²) >= 11 is 0. The lowest BCUT2D eigenvalue weighted by atomic mass is 10.1. The standard InChI is InChI=1S/C11H20N4O2/c1-8(7-16)9(2)14-11(17)12-4-10-5-13-15(3)6-10/h5-6,8-9,16H,4,7H2,1-3H3,(H2,12,14,17). The van der Waals surface area contributed by atoms with Crippen LogP contribution in [0.5, 0.6) is 0 Å². The van der Waals surface area contributed by atoms with Crippen molar-refractivity contribution in [1.82, 2.24) is 20.4 Å². The number of aryl methyl sites for hydroxylation is 1. The molecule has 0 saturated heterocycles. The van der Waals surface area contributed by atoms with Crippen molar-refractivity contribution < 1.29 is 9.90 Å². The Morgan fingerprint density at radius 2 is 2.29 bits per heavy atom. The number of rotatable bonds is 5. The van der Waals surface area contributed by atoms with Gasteiger partial charge in [0.25, 0.3) is 0 Å². The number of aliphatic hydroxyl groups excluding tert-OH is 1. The normalized spacial score (nSPS) is 14.1. The molecule has 0 radical (unpaired) electrons. The van der Waals surface area contributed by atoms with Crippen LogP contribution in [0.3, 0.4) is 0 Å². The number of carbonyl (C=O) groups is 1. The molecule has 0 aliphatic rings. The van der Waals surface area contributed by atoms with Gasteiger partial charge in [0.15, 0.2) is 0 Å². The Morgan fingerprint density at radius 3 is 2.82 bits per heavy atom. The lowest BCUT2D eigenvalue weighted by molar-refractivity contribution is 0.200. The maximum absolute atomic E-state index is 11.5. The first-order valence-electron chi connectivity index (χ1n) is 5.65. The monoisotopic (exact) mass is 240 g/mol. The smallest absolute Gasteiger partial charge is 0.315 e. The SMILES string of the molecule is CC(CO)C(C)NC(=O)NCc1cnn(C)c1. The zero-order valence-electron chi connectivity index (χ0n) is 10.5. The molecule has 1 aromatic heterocycles. The van der Waals surface area contributed by atoms with E-state index >= 15 is 0 Å². The fraction of sp³-hybridized carbons (Fsp3) is 0.636. The summed E-state index contributed by atoms with van der Waals surface area (Å²) in [5, 5.41) is 18.5. The van der Waals surface area contributed by atoms with Gasteiger partial charge in [-0.3, -0.25) is 4.68 Å². The zero-order chi connectivity index (χ0) is 12.8. The third kappa shape index (κ3) is 4.44. The maximum Gasteiger partial charge on any atom is 0.315 e. The molecule has 2 amide bonds. The Bertz CT molecular complexity index is 364. The molecule has 1 rings (SSSR count). The second-order valence-corrected chi connectivity index (χ2v) is 4.30. The summed E-state index contributed by atoms with van der Waals surface area (Å²) in [4.78, 5) is 11.5. The molecule has 17 heavy (non-hydrogen) atoms.